The maximum Gasteiger partial charge on any atom is 0.354 e. The molecule has 0 radical (unpaired) electrons. The minimum atomic E-state index is -0.545. The lowest BCUT2D eigenvalue weighted by molar-refractivity contribution is -0.383. The van der Waals surface area contributed by atoms with Crippen LogP contribution in [-0.4, -0.2) is 24.9 Å². The molecule has 0 aliphatic carbocycles. The minimum absolute atomic E-state index is 0.0610. The molecule has 3 rings (SSSR count). The second-order valence-corrected chi connectivity index (χ2v) is 5.33. The van der Waals surface area contributed by atoms with Crippen LogP contribution < -0.4 is 10.6 Å². The lowest BCUT2D eigenvalue weighted by Crippen LogP contribution is -2.06. The van der Waals surface area contributed by atoms with Crippen LogP contribution in [-0.2, 0) is 0 Å². The third-order valence-electron chi connectivity index (χ3n) is 2.91. The molecular weight excluding hydrogens is 318 g/mol. The van der Waals surface area contributed by atoms with Gasteiger partial charge in [0.05, 0.1) is 4.92 Å². The quantitative estimate of drug-likeness (QED) is 0.541. The molecule has 0 fully saturated rings. The number of aromatic nitrogens is 4. The average Bonchev–Trinajstić information content (AvgIpc) is 3.02. The Balaban J connectivity index is 2.00. The molecule has 0 saturated heterocycles. The molecule has 0 aliphatic rings. The number of rotatable bonds is 5. The Bertz CT molecular complexity index is 838. The first-order valence-electron chi connectivity index (χ1n) is 6.49. The molecule has 0 atom stereocenters. The van der Waals surface area contributed by atoms with E-state index in [2.05, 4.69) is 30.6 Å². The summed E-state index contributed by atoms with van der Waals surface area (Å²) in [5.74, 6) is 0.622. The fourth-order valence-corrected chi connectivity index (χ4v) is 2.38. The van der Waals surface area contributed by atoms with Crippen molar-refractivity contribution in [2.24, 2.45) is 0 Å². The summed E-state index contributed by atoms with van der Waals surface area (Å²) in [5, 5.41) is 19.4. The maximum absolute atomic E-state index is 11.5. The highest BCUT2D eigenvalue weighted by atomic mass is 32.1. The van der Waals surface area contributed by atoms with Gasteiger partial charge in [0.1, 0.15) is 12.1 Å². The minimum Gasteiger partial charge on any atom is -0.319 e. The number of aryl methyl sites for hydroxylation is 1. The van der Waals surface area contributed by atoms with Gasteiger partial charge in [0.25, 0.3) is 0 Å². The van der Waals surface area contributed by atoms with Crippen molar-refractivity contribution >= 4 is 39.6 Å². The second kappa shape index (κ2) is 6.32. The van der Waals surface area contributed by atoms with Crippen LogP contribution in [0.5, 0.6) is 0 Å². The Kier molecular flexibility index (Phi) is 4.06. The summed E-state index contributed by atoms with van der Waals surface area (Å²) in [4.78, 5) is 27.0. The Morgan fingerprint density at radius 3 is 2.52 bits per heavy atom. The monoisotopic (exact) mass is 329 g/mol. The van der Waals surface area contributed by atoms with Crippen LogP contribution in [0.2, 0.25) is 0 Å². The first-order valence-corrected chi connectivity index (χ1v) is 7.37. The highest BCUT2D eigenvalue weighted by molar-refractivity contribution is 7.13. The first kappa shape index (κ1) is 14.8. The van der Waals surface area contributed by atoms with Gasteiger partial charge in [0, 0.05) is 17.8 Å². The van der Waals surface area contributed by atoms with E-state index in [1.54, 1.807) is 23.8 Å². The number of hydrogen-bond acceptors (Lipinski definition) is 9. The smallest absolute Gasteiger partial charge is 0.319 e. The number of nitrogens with one attached hydrogen (secondary N) is 2. The number of hydrogen-bond donors (Lipinski definition) is 2. The summed E-state index contributed by atoms with van der Waals surface area (Å²) in [5.41, 5.74) is 0.572. The SMILES string of the molecule is Cc1cccnc1Nc1ncnc(Nc2nccs2)c1[N+](=O)[O-]. The van der Waals surface area contributed by atoms with Crippen LogP contribution in [0.4, 0.5) is 28.3 Å². The van der Waals surface area contributed by atoms with Crippen molar-refractivity contribution in [3.63, 3.8) is 0 Å². The van der Waals surface area contributed by atoms with Crippen LogP contribution in [0.3, 0.4) is 0 Å². The molecule has 2 N–H and O–H groups in total. The van der Waals surface area contributed by atoms with E-state index in [9.17, 15) is 10.1 Å². The molecule has 116 valence electrons. The third kappa shape index (κ3) is 3.21. The van der Waals surface area contributed by atoms with Gasteiger partial charge in [-0.2, -0.15) is 0 Å². The number of pyridine rings is 1. The van der Waals surface area contributed by atoms with Crippen LogP contribution in [0, 0.1) is 17.0 Å². The van der Waals surface area contributed by atoms with Crippen molar-refractivity contribution in [3.05, 3.63) is 51.9 Å². The van der Waals surface area contributed by atoms with Crippen molar-refractivity contribution in [1.82, 2.24) is 19.9 Å². The molecule has 3 aromatic rings. The Labute approximate surface area is 134 Å². The van der Waals surface area contributed by atoms with Gasteiger partial charge in [0.2, 0.25) is 11.6 Å². The fraction of sp³-hybridized carbons (Fsp3) is 0.0769. The molecule has 9 nitrogen and oxygen atoms in total. The van der Waals surface area contributed by atoms with Crippen LogP contribution in [0.15, 0.2) is 36.2 Å². The topological polar surface area (TPSA) is 119 Å². The Morgan fingerprint density at radius 1 is 1.09 bits per heavy atom. The highest BCUT2D eigenvalue weighted by Gasteiger charge is 2.24. The molecule has 3 aromatic heterocycles. The van der Waals surface area contributed by atoms with Gasteiger partial charge >= 0.3 is 5.69 Å². The number of nitro groups is 1. The summed E-state index contributed by atoms with van der Waals surface area (Å²) >= 11 is 1.31. The lowest BCUT2D eigenvalue weighted by atomic mass is 10.3. The van der Waals surface area contributed by atoms with Gasteiger partial charge < -0.3 is 10.6 Å². The maximum atomic E-state index is 11.5. The normalized spacial score (nSPS) is 10.3. The zero-order valence-corrected chi connectivity index (χ0v) is 12.7. The molecular formula is C13H11N7O2S. The molecule has 0 aliphatic heterocycles. The average molecular weight is 329 g/mol. The van der Waals surface area contributed by atoms with Crippen LogP contribution >= 0.6 is 11.3 Å². The van der Waals surface area contributed by atoms with Crippen molar-refractivity contribution < 1.29 is 4.92 Å². The van der Waals surface area contributed by atoms with Gasteiger partial charge in [-0.15, -0.1) is 11.3 Å². The number of anilines is 4. The van der Waals surface area contributed by atoms with Gasteiger partial charge in [-0.25, -0.2) is 19.9 Å². The molecule has 10 heteroatoms. The van der Waals surface area contributed by atoms with E-state index in [1.165, 1.54) is 17.7 Å². The van der Waals surface area contributed by atoms with Gasteiger partial charge in [-0.05, 0) is 18.6 Å². The molecule has 23 heavy (non-hydrogen) atoms. The summed E-state index contributed by atoms with van der Waals surface area (Å²) in [6.07, 6.45) is 4.43. The van der Waals surface area contributed by atoms with E-state index in [1.807, 2.05) is 13.0 Å². The summed E-state index contributed by atoms with van der Waals surface area (Å²) < 4.78 is 0. The Morgan fingerprint density at radius 2 is 1.87 bits per heavy atom. The predicted molar refractivity (Wildman–Crippen MR) is 86.3 cm³/mol. The third-order valence-corrected chi connectivity index (χ3v) is 3.60. The van der Waals surface area contributed by atoms with E-state index in [-0.39, 0.29) is 17.3 Å². The van der Waals surface area contributed by atoms with Gasteiger partial charge in [0.15, 0.2) is 5.13 Å². The van der Waals surface area contributed by atoms with E-state index < -0.39 is 4.92 Å². The molecule has 0 saturated carbocycles. The zero-order chi connectivity index (χ0) is 16.2. The van der Waals surface area contributed by atoms with Gasteiger partial charge in [-0.3, -0.25) is 10.1 Å². The molecule has 0 aromatic carbocycles. The molecule has 3 heterocycles. The van der Waals surface area contributed by atoms with E-state index in [0.717, 1.165) is 5.56 Å². The highest BCUT2D eigenvalue weighted by Crippen LogP contribution is 2.33. The number of nitrogens with zero attached hydrogens (tertiary/aromatic N) is 5. The summed E-state index contributed by atoms with van der Waals surface area (Å²) in [7, 11) is 0. The lowest BCUT2D eigenvalue weighted by Gasteiger charge is -2.09. The van der Waals surface area contributed by atoms with E-state index in [4.69, 9.17) is 0 Å². The standard InChI is InChI=1S/C13H11N7O2S/c1-8-3-2-4-14-10(8)18-11-9(20(21)22)12(17-7-16-11)19-13-15-5-6-23-13/h2-7H,1H3,(H2,14,15,16,17,18,19). The van der Waals surface area contributed by atoms with E-state index >= 15 is 0 Å². The molecule has 0 spiro atoms. The second-order valence-electron chi connectivity index (χ2n) is 4.43. The Hall–Kier alpha value is -3.14. The van der Waals surface area contributed by atoms with Crippen LogP contribution in [0.25, 0.3) is 0 Å². The van der Waals surface area contributed by atoms with Crippen molar-refractivity contribution in [1.29, 1.82) is 0 Å². The summed E-state index contributed by atoms with van der Waals surface area (Å²) in [6, 6.07) is 3.63. The number of thiazole rings is 1. The van der Waals surface area contributed by atoms with Crippen molar-refractivity contribution in [2.45, 2.75) is 6.92 Å². The van der Waals surface area contributed by atoms with Gasteiger partial charge in [-0.1, -0.05) is 6.07 Å². The molecule has 0 bridgehead atoms. The first-order chi connectivity index (χ1) is 11.1. The zero-order valence-electron chi connectivity index (χ0n) is 11.9. The van der Waals surface area contributed by atoms with Crippen molar-refractivity contribution in [3.8, 4) is 0 Å². The van der Waals surface area contributed by atoms with Crippen molar-refractivity contribution in [2.75, 3.05) is 10.6 Å². The predicted octanol–water partition coefficient (Wildman–Crippen LogP) is 3.03. The van der Waals surface area contributed by atoms with Crippen LogP contribution in [0.1, 0.15) is 5.56 Å². The molecule has 0 unspecified atom stereocenters. The fourth-order valence-electron chi connectivity index (χ4n) is 1.85. The van der Waals surface area contributed by atoms with E-state index in [0.29, 0.717) is 10.9 Å². The molecule has 0 amide bonds. The largest absolute Gasteiger partial charge is 0.354 e. The summed E-state index contributed by atoms with van der Waals surface area (Å²) in [6.45, 7) is 1.84.